The number of carbonyl (C=O) groups excluding carboxylic acids is 3. The zero-order chi connectivity index (χ0) is 60.8. The van der Waals surface area contributed by atoms with Crippen molar-refractivity contribution in [2.45, 2.75) is 107 Å². The number of carbonyl (C=O) groups is 3. The SMILES string of the molecule is C.COC(=O)[C@@H](O)C(C)C.COC(=O)[C@@H](OP(=O)(OCc1ccccc1)OCc1ccccc1)C(C)C.COC(=O)[C@@H]([O-])C(C)C.O=P(Cl)(OCc1ccccc1)OCc1ccccc1.O=[P+](OCc1ccccc1)OCc1ccccc1.[H-].[Na+].[Na+]. The Morgan fingerprint density at radius 1 is 0.471 bits per heavy atom. The second-order valence-corrected chi connectivity index (χ2v) is 23.6. The van der Waals surface area contributed by atoms with Gasteiger partial charge in [0.2, 0.25) is 0 Å². The molecule has 1 N–H and O–H groups in total. The Hall–Kier alpha value is -3.78. The first-order valence-corrected chi connectivity index (χ1v) is 30.8. The van der Waals surface area contributed by atoms with Crippen LogP contribution in [0, 0.1) is 17.8 Å². The summed E-state index contributed by atoms with van der Waals surface area (Å²) in [4.78, 5) is 32.9. The molecule has 0 amide bonds. The average molecular weight is 1280 g/mol. The van der Waals surface area contributed by atoms with Gasteiger partial charge in [0.1, 0.15) is 13.2 Å². The summed E-state index contributed by atoms with van der Waals surface area (Å²) < 4.78 is 87.0. The van der Waals surface area contributed by atoms with Gasteiger partial charge in [-0.2, -0.15) is 0 Å². The summed E-state index contributed by atoms with van der Waals surface area (Å²) >= 11 is 5.75. The average Bonchev–Trinajstić information content (AvgIpc) is 3.61. The minimum atomic E-state index is -4.03. The zero-order valence-electron chi connectivity index (χ0n) is 50.6. The zero-order valence-corrected chi connectivity index (χ0v) is 57.1. The summed E-state index contributed by atoms with van der Waals surface area (Å²) in [6, 6.07) is 56.4. The molecule has 0 radical (unpaired) electrons. The van der Waals surface area contributed by atoms with Gasteiger partial charge in [-0.25, -0.2) is 18.7 Å². The number of hydrogen-bond acceptors (Lipinski definition) is 18. The number of benzene rings is 6. The summed E-state index contributed by atoms with van der Waals surface area (Å²) in [7, 11) is -2.38. The van der Waals surface area contributed by atoms with Gasteiger partial charge in [-0.1, -0.05) is 231 Å². The van der Waals surface area contributed by atoms with E-state index in [0.29, 0.717) is 13.2 Å². The third-order valence-corrected chi connectivity index (χ3v) is 14.2. The molecule has 0 aromatic heterocycles. The molecule has 18 nitrogen and oxygen atoms in total. The minimum absolute atomic E-state index is 0. The van der Waals surface area contributed by atoms with E-state index in [1.807, 2.05) is 182 Å². The molecule has 0 aliphatic carbocycles. The van der Waals surface area contributed by atoms with Gasteiger partial charge in [0.25, 0.3) is 5.97 Å². The van der Waals surface area contributed by atoms with Gasteiger partial charge in [0, 0.05) is 15.8 Å². The van der Waals surface area contributed by atoms with Crippen molar-refractivity contribution in [2.75, 3.05) is 21.3 Å². The van der Waals surface area contributed by atoms with E-state index in [0.717, 1.165) is 33.4 Å². The molecule has 0 bridgehead atoms. The van der Waals surface area contributed by atoms with Crippen LogP contribution in [0.15, 0.2) is 182 Å². The molecule has 0 aliphatic heterocycles. The molecule has 24 heteroatoms. The van der Waals surface area contributed by atoms with Crippen LogP contribution in [0.25, 0.3) is 0 Å². The van der Waals surface area contributed by atoms with E-state index >= 15 is 0 Å². The van der Waals surface area contributed by atoms with Crippen LogP contribution in [-0.4, -0.2) is 62.7 Å². The van der Waals surface area contributed by atoms with E-state index in [1.165, 1.54) is 21.3 Å². The van der Waals surface area contributed by atoms with Crippen LogP contribution < -0.4 is 64.2 Å². The molecule has 0 heterocycles. The predicted molar refractivity (Wildman–Crippen MR) is 319 cm³/mol. The van der Waals surface area contributed by atoms with Crippen molar-refractivity contribution >= 4 is 52.2 Å². The Morgan fingerprint density at radius 2 is 0.741 bits per heavy atom. The standard InChI is InChI=1S/C20H25O6P.C14H14ClO3P.C14H14O3P.C6H12O3.C6H11O3.CH4.2Na.H/c1-16(2)19(20(21)23-3)26-27(22,24-14-17-10-6-4-7-11-17)25-15-18-12-8-5-9-13-18;15-19(16,17-11-13-7-3-1-4-8-13)18-12-14-9-5-2-6-10-14;15-18(16-11-13-7-3-1-4-8-13)17-12-14-9-5-2-6-10-14;2*1-4(2)5(7)6(8)9-3;;;;/h4-13,16,19H,14-15H2,1-3H3;1-10H,11-12H2;1-10H,11-12H2;4-5,7H,1-3H3;4-5H,1-3H3;1H4;;;/q;;+1;;-1;;2*+1;-1/t19-;;;2*5-;;;;/m0..00..../s1. The van der Waals surface area contributed by atoms with E-state index < -0.39 is 59.2 Å². The Bertz CT molecular complexity index is 2620. The number of methoxy groups -OCH3 is 3. The van der Waals surface area contributed by atoms with Gasteiger partial charge < -0.3 is 25.9 Å². The number of aliphatic hydroxyl groups excluding tert-OH is 1. The van der Waals surface area contributed by atoms with Gasteiger partial charge in [-0.05, 0) is 57.2 Å². The van der Waals surface area contributed by atoms with Crippen molar-refractivity contribution in [1.29, 1.82) is 0 Å². The number of esters is 3. The van der Waals surface area contributed by atoms with Crippen molar-refractivity contribution in [3.8, 4) is 0 Å². The topological polar surface area (TPSA) is 238 Å². The summed E-state index contributed by atoms with van der Waals surface area (Å²) in [5.74, 6) is -2.40. The molecule has 0 unspecified atom stereocenters. The Balaban J connectivity index is -0.00000105. The third kappa shape index (κ3) is 38.3. The van der Waals surface area contributed by atoms with Gasteiger partial charge >= 0.3 is 94.1 Å². The largest absolute Gasteiger partial charge is 1.00 e. The molecule has 6 rings (SSSR count). The van der Waals surface area contributed by atoms with Crippen LogP contribution in [0.1, 0.15) is 83.8 Å². The van der Waals surface area contributed by atoms with Crippen LogP contribution in [0.3, 0.4) is 0 Å². The maximum atomic E-state index is 13.2. The van der Waals surface area contributed by atoms with E-state index in [2.05, 4.69) is 9.47 Å². The minimum Gasteiger partial charge on any atom is -1.00 e. The third-order valence-electron chi connectivity index (χ3n) is 10.7. The molecule has 3 atom stereocenters. The molecule has 85 heavy (non-hydrogen) atoms. The number of phosphoric ester groups is 1. The van der Waals surface area contributed by atoms with E-state index in [4.69, 9.17) is 52.8 Å². The summed E-state index contributed by atoms with van der Waals surface area (Å²) in [6.07, 6.45) is -3.27. The van der Waals surface area contributed by atoms with E-state index in [9.17, 15) is 33.2 Å². The number of phosphoric acid groups is 1. The quantitative estimate of drug-likeness (QED) is 0.0234. The van der Waals surface area contributed by atoms with Gasteiger partial charge in [-0.3, -0.25) is 27.4 Å². The number of hydrogen-bond donors (Lipinski definition) is 1. The molecule has 456 valence electrons. The fraction of sp³-hybridized carbons (Fsp3) is 0.361. The van der Waals surface area contributed by atoms with Gasteiger partial charge in [0.15, 0.2) is 12.2 Å². The van der Waals surface area contributed by atoms with Crippen LogP contribution in [0.4, 0.5) is 0 Å². The predicted octanol–water partition coefficient (Wildman–Crippen LogP) is 8.06. The number of halogens is 1. The first-order chi connectivity index (χ1) is 39.1. The Kier molecular flexibility index (Phi) is 47.2. The molecule has 0 saturated heterocycles. The normalized spacial score (nSPS) is 11.6. The van der Waals surface area contributed by atoms with Crippen molar-refractivity contribution in [2.24, 2.45) is 17.8 Å². The molecule has 0 aliphatic rings. The number of ether oxygens (including phenoxy) is 3. The maximum absolute atomic E-state index is 13.2. The molecule has 0 fully saturated rings. The molecular formula is C61H81ClNa2O18P3+. The first-order valence-electron chi connectivity index (χ1n) is 25.8. The van der Waals surface area contributed by atoms with Crippen molar-refractivity contribution < 1.29 is 145 Å². The maximum Gasteiger partial charge on any atom is 1.00 e. The van der Waals surface area contributed by atoms with Crippen LogP contribution in [0.2, 0.25) is 0 Å². The summed E-state index contributed by atoms with van der Waals surface area (Å²) in [6.45, 7) is 7.83. The molecule has 0 saturated carbocycles. The Morgan fingerprint density at radius 3 is 0.965 bits per heavy atom. The molecule has 6 aromatic rings. The summed E-state index contributed by atoms with van der Waals surface area (Å²) in [5, 5.41) is 19.6. The number of aliphatic hydroxyl groups is 1. The van der Waals surface area contributed by atoms with Crippen LogP contribution in [-0.2, 0) is 114 Å². The fourth-order valence-electron chi connectivity index (χ4n) is 5.96. The van der Waals surface area contributed by atoms with Crippen molar-refractivity contribution in [3.05, 3.63) is 215 Å². The molecule has 0 spiro atoms. The van der Waals surface area contributed by atoms with Crippen LogP contribution in [0.5, 0.6) is 0 Å². The van der Waals surface area contributed by atoms with Gasteiger partial charge in [0.05, 0.1) is 47.8 Å². The first kappa shape index (κ1) is 83.3. The van der Waals surface area contributed by atoms with E-state index in [1.54, 1.807) is 41.5 Å². The second kappa shape index (κ2) is 48.2. The second-order valence-electron chi connectivity index (χ2n) is 18.3. The Labute approximate surface area is 553 Å². The molecular weight excluding hydrogens is 1200 g/mol. The fourth-order valence-corrected chi connectivity index (χ4v) is 8.93. The van der Waals surface area contributed by atoms with Crippen LogP contribution >= 0.6 is 34.3 Å². The number of rotatable bonds is 26. The van der Waals surface area contributed by atoms with Crippen molar-refractivity contribution in [1.82, 2.24) is 0 Å². The van der Waals surface area contributed by atoms with E-state index in [-0.39, 0.29) is 112 Å². The monoisotopic (exact) mass is 1280 g/mol. The smallest absolute Gasteiger partial charge is 1.00 e. The summed E-state index contributed by atoms with van der Waals surface area (Å²) in [5.41, 5.74) is 5.36. The van der Waals surface area contributed by atoms with Crippen molar-refractivity contribution in [3.63, 3.8) is 0 Å². The molecule has 6 aromatic carbocycles. The van der Waals surface area contributed by atoms with Gasteiger partial charge in [-0.15, -0.1) is 9.05 Å².